The first-order chi connectivity index (χ1) is 15.0. The van der Waals surface area contributed by atoms with Gasteiger partial charge in [-0.3, -0.25) is 9.59 Å². The van der Waals surface area contributed by atoms with Gasteiger partial charge in [-0.1, -0.05) is 60.3 Å². The minimum atomic E-state index is -1.27. The molecular formula is C23H17N3O4S. The fourth-order valence-electron chi connectivity index (χ4n) is 3.10. The molecular weight excluding hydrogens is 414 g/mol. The van der Waals surface area contributed by atoms with E-state index < -0.39 is 24.0 Å². The van der Waals surface area contributed by atoms with Gasteiger partial charge < -0.3 is 10.4 Å². The van der Waals surface area contributed by atoms with Crippen molar-refractivity contribution >= 4 is 40.1 Å². The molecule has 1 aromatic heterocycles. The first kappa shape index (κ1) is 20.4. The topological polar surface area (TPSA) is 101 Å². The fourth-order valence-corrected chi connectivity index (χ4v) is 4.02. The van der Waals surface area contributed by atoms with Crippen LogP contribution in [-0.2, 0) is 11.3 Å². The summed E-state index contributed by atoms with van der Waals surface area (Å²) in [4.78, 5) is 38.9. The lowest BCUT2D eigenvalue weighted by atomic mass is 10.1. The van der Waals surface area contributed by atoms with Gasteiger partial charge in [-0.2, -0.15) is 5.10 Å². The summed E-state index contributed by atoms with van der Waals surface area (Å²) >= 11 is 1.50. The lowest BCUT2D eigenvalue weighted by Gasteiger charge is -2.12. The normalized spacial score (nSPS) is 10.7. The highest BCUT2D eigenvalue weighted by atomic mass is 32.2. The molecule has 0 saturated carbocycles. The van der Waals surface area contributed by atoms with Crippen LogP contribution in [0.4, 0.5) is 5.69 Å². The molecule has 154 valence electrons. The van der Waals surface area contributed by atoms with Crippen molar-refractivity contribution in [1.29, 1.82) is 0 Å². The maximum atomic E-state index is 12.7. The average molecular weight is 431 g/mol. The van der Waals surface area contributed by atoms with Crippen LogP contribution in [0, 0.1) is 0 Å². The summed E-state index contributed by atoms with van der Waals surface area (Å²) in [5.41, 5.74) is -0.209. The van der Waals surface area contributed by atoms with Crippen molar-refractivity contribution in [1.82, 2.24) is 9.78 Å². The van der Waals surface area contributed by atoms with E-state index in [0.717, 1.165) is 14.5 Å². The Labute approximate surface area is 181 Å². The summed E-state index contributed by atoms with van der Waals surface area (Å²) < 4.78 is 0.883. The molecule has 2 N–H and O–H groups in total. The molecule has 0 saturated heterocycles. The van der Waals surface area contributed by atoms with E-state index in [-0.39, 0.29) is 16.5 Å². The van der Waals surface area contributed by atoms with Gasteiger partial charge in [-0.15, -0.1) is 0 Å². The Bertz CT molecular complexity index is 1340. The minimum Gasteiger partial charge on any atom is -0.476 e. The van der Waals surface area contributed by atoms with Gasteiger partial charge in [-0.05, 0) is 30.3 Å². The second-order valence-corrected chi connectivity index (χ2v) is 7.74. The number of para-hydroxylation sites is 1. The zero-order chi connectivity index (χ0) is 21.8. The maximum absolute atomic E-state index is 12.7. The van der Waals surface area contributed by atoms with E-state index in [9.17, 15) is 19.5 Å². The van der Waals surface area contributed by atoms with Gasteiger partial charge >= 0.3 is 5.97 Å². The second-order valence-electron chi connectivity index (χ2n) is 6.62. The number of hydrogen-bond acceptors (Lipinski definition) is 5. The summed E-state index contributed by atoms with van der Waals surface area (Å²) in [5.74, 6) is -1.75. The van der Waals surface area contributed by atoms with Crippen molar-refractivity contribution in [3.8, 4) is 0 Å². The highest BCUT2D eigenvalue weighted by molar-refractivity contribution is 7.99. The Morgan fingerprint density at radius 2 is 1.55 bits per heavy atom. The molecule has 0 unspecified atom stereocenters. The number of carbonyl (C=O) groups excluding carboxylic acids is 1. The molecule has 0 aliphatic heterocycles. The van der Waals surface area contributed by atoms with Crippen LogP contribution < -0.4 is 10.9 Å². The Hall–Kier alpha value is -3.91. The van der Waals surface area contributed by atoms with Crippen molar-refractivity contribution in [3.05, 3.63) is 94.9 Å². The average Bonchev–Trinajstić information content (AvgIpc) is 2.77. The molecule has 8 heteroatoms. The van der Waals surface area contributed by atoms with Gasteiger partial charge in [0.05, 0.1) is 11.1 Å². The summed E-state index contributed by atoms with van der Waals surface area (Å²) in [6, 6.07) is 23.4. The quantitative estimate of drug-likeness (QED) is 0.480. The van der Waals surface area contributed by atoms with Crippen LogP contribution in [0.1, 0.15) is 10.5 Å². The highest BCUT2D eigenvalue weighted by Crippen LogP contribution is 2.33. The maximum Gasteiger partial charge on any atom is 0.357 e. The van der Waals surface area contributed by atoms with Crippen LogP contribution in [0.15, 0.2) is 93.4 Å². The van der Waals surface area contributed by atoms with Crippen molar-refractivity contribution in [2.45, 2.75) is 16.3 Å². The third-order valence-electron chi connectivity index (χ3n) is 4.50. The molecule has 7 nitrogen and oxygen atoms in total. The first-order valence-corrected chi connectivity index (χ1v) is 10.2. The molecule has 1 heterocycles. The minimum absolute atomic E-state index is 0.197. The molecule has 0 aliphatic carbocycles. The van der Waals surface area contributed by atoms with E-state index in [1.165, 1.54) is 23.9 Å². The zero-order valence-electron chi connectivity index (χ0n) is 16.2. The number of carboxylic acids is 1. The number of carbonyl (C=O) groups is 2. The number of nitrogens with one attached hydrogen (secondary N) is 1. The number of aromatic carboxylic acids is 1. The van der Waals surface area contributed by atoms with Gasteiger partial charge in [0.1, 0.15) is 6.54 Å². The number of hydrogen-bond donors (Lipinski definition) is 2. The van der Waals surface area contributed by atoms with E-state index in [4.69, 9.17) is 0 Å². The van der Waals surface area contributed by atoms with Crippen molar-refractivity contribution in [3.63, 3.8) is 0 Å². The van der Waals surface area contributed by atoms with Crippen LogP contribution in [-0.4, -0.2) is 26.8 Å². The SMILES string of the molecule is O=C(Cn1nc(C(=O)O)c2ccccc2c1=O)Nc1ccccc1Sc1ccccc1. The molecule has 0 bridgehead atoms. The number of benzene rings is 3. The molecule has 0 atom stereocenters. The number of fused-ring (bicyclic) bond motifs is 1. The van der Waals surface area contributed by atoms with Crippen LogP contribution in [0.5, 0.6) is 0 Å². The highest BCUT2D eigenvalue weighted by Gasteiger charge is 2.17. The number of nitrogens with zero attached hydrogens (tertiary/aromatic N) is 2. The van der Waals surface area contributed by atoms with E-state index in [2.05, 4.69) is 10.4 Å². The molecule has 1 amide bonds. The molecule has 0 fully saturated rings. The predicted molar refractivity (Wildman–Crippen MR) is 119 cm³/mol. The van der Waals surface area contributed by atoms with Crippen LogP contribution >= 0.6 is 11.8 Å². The van der Waals surface area contributed by atoms with Crippen LogP contribution in [0.3, 0.4) is 0 Å². The van der Waals surface area contributed by atoms with E-state index in [0.29, 0.717) is 5.69 Å². The lowest BCUT2D eigenvalue weighted by molar-refractivity contribution is -0.117. The third-order valence-corrected chi connectivity index (χ3v) is 5.58. The molecule has 0 spiro atoms. The van der Waals surface area contributed by atoms with Gasteiger partial charge in [0.2, 0.25) is 5.91 Å². The second kappa shape index (κ2) is 8.85. The number of amides is 1. The fraction of sp³-hybridized carbons (Fsp3) is 0.0435. The zero-order valence-corrected chi connectivity index (χ0v) is 17.0. The third kappa shape index (κ3) is 4.49. The molecule has 4 aromatic rings. The lowest BCUT2D eigenvalue weighted by Crippen LogP contribution is -2.31. The van der Waals surface area contributed by atoms with Gasteiger partial charge in [0, 0.05) is 15.2 Å². The molecule has 3 aromatic carbocycles. The summed E-state index contributed by atoms with van der Waals surface area (Å²) in [7, 11) is 0. The van der Waals surface area contributed by atoms with Crippen molar-refractivity contribution < 1.29 is 14.7 Å². The Balaban J connectivity index is 1.61. The Morgan fingerprint density at radius 1 is 0.903 bits per heavy atom. The Kier molecular flexibility index (Phi) is 5.81. The standard InChI is InChI=1S/C23H17N3O4S/c27-20(24-18-12-6-7-13-19(18)31-15-8-2-1-3-9-15)14-26-22(28)17-11-5-4-10-16(17)21(25-26)23(29)30/h1-13H,14H2,(H,24,27)(H,29,30). The Morgan fingerprint density at radius 3 is 2.29 bits per heavy atom. The number of aromatic nitrogens is 2. The summed E-state index contributed by atoms with van der Waals surface area (Å²) in [5, 5.41) is 16.6. The molecule has 4 rings (SSSR count). The van der Waals surface area contributed by atoms with Crippen LogP contribution in [0.25, 0.3) is 10.8 Å². The first-order valence-electron chi connectivity index (χ1n) is 9.38. The predicted octanol–water partition coefficient (Wildman–Crippen LogP) is 3.88. The van der Waals surface area contributed by atoms with E-state index in [1.54, 1.807) is 24.3 Å². The van der Waals surface area contributed by atoms with Gasteiger partial charge in [0.25, 0.3) is 5.56 Å². The van der Waals surface area contributed by atoms with E-state index in [1.807, 2.05) is 42.5 Å². The number of anilines is 1. The summed E-state index contributed by atoms with van der Waals surface area (Å²) in [6.07, 6.45) is 0. The van der Waals surface area contributed by atoms with Gasteiger partial charge in [-0.25, -0.2) is 9.48 Å². The monoisotopic (exact) mass is 431 g/mol. The van der Waals surface area contributed by atoms with Crippen molar-refractivity contribution in [2.24, 2.45) is 0 Å². The van der Waals surface area contributed by atoms with Gasteiger partial charge in [0.15, 0.2) is 5.69 Å². The van der Waals surface area contributed by atoms with Crippen LogP contribution in [0.2, 0.25) is 0 Å². The smallest absolute Gasteiger partial charge is 0.357 e. The summed E-state index contributed by atoms with van der Waals surface area (Å²) in [6.45, 7) is -0.408. The number of carboxylic acid groups (broad SMARTS) is 1. The van der Waals surface area contributed by atoms with E-state index >= 15 is 0 Å². The molecule has 31 heavy (non-hydrogen) atoms. The molecule has 0 aliphatic rings. The molecule has 0 radical (unpaired) electrons. The van der Waals surface area contributed by atoms with Crippen molar-refractivity contribution in [2.75, 3.05) is 5.32 Å². The largest absolute Gasteiger partial charge is 0.476 e. The number of rotatable bonds is 6.